The third-order valence-electron chi connectivity index (χ3n) is 3.19. The second-order valence-electron chi connectivity index (χ2n) is 4.95. The maximum absolute atomic E-state index is 12.1. The number of nitrogens with one attached hydrogen (secondary N) is 1. The van der Waals surface area contributed by atoms with Gasteiger partial charge in [0.1, 0.15) is 0 Å². The van der Waals surface area contributed by atoms with Crippen LogP contribution in [0.5, 0.6) is 5.75 Å². The molecule has 1 heterocycles. The lowest BCUT2D eigenvalue weighted by molar-refractivity contribution is 0.214. The van der Waals surface area contributed by atoms with Crippen LogP contribution in [-0.4, -0.2) is 11.2 Å². The summed E-state index contributed by atoms with van der Waals surface area (Å²) in [4.78, 5) is 12.1. The zero-order valence-corrected chi connectivity index (χ0v) is 14.1. The summed E-state index contributed by atoms with van der Waals surface area (Å²) in [5.41, 5.74) is 1.67. The van der Waals surface area contributed by atoms with Crippen molar-refractivity contribution in [3.05, 3.63) is 64.3 Å². The molecule has 0 aliphatic rings. The number of halogens is 2. The highest BCUT2D eigenvalue weighted by molar-refractivity contribution is 6.31. The standard InChI is InChI=1S/C17H12Cl2N2O3/c1-10-16(15(21-24-10)11-5-7-12(18)8-6-11)23-17(22)20-14-4-2-3-13(19)9-14/h2-9H,1H3,(H,20,22). The Bertz CT molecular complexity index is 876. The monoisotopic (exact) mass is 362 g/mol. The fourth-order valence-electron chi connectivity index (χ4n) is 2.08. The number of aromatic nitrogens is 1. The molecule has 7 heteroatoms. The molecule has 0 atom stereocenters. The van der Waals surface area contributed by atoms with Crippen LogP contribution in [0.4, 0.5) is 10.5 Å². The number of aryl methyl sites for hydroxylation is 1. The molecular formula is C17H12Cl2N2O3. The number of carbonyl (C=O) groups is 1. The topological polar surface area (TPSA) is 64.4 Å². The van der Waals surface area contributed by atoms with Gasteiger partial charge in [0.25, 0.3) is 0 Å². The van der Waals surface area contributed by atoms with Crippen LogP contribution in [0.3, 0.4) is 0 Å². The Morgan fingerprint density at radius 2 is 1.88 bits per heavy atom. The SMILES string of the molecule is Cc1onc(-c2ccc(Cl)cc2)c1OC(=O)Nc1cccc(Cl)c1. The highest BCUT2D eigenvalue weighted by Crippen LogP contribution is 2.33. The van der Waals surface area contributed by atoms with Gasteiger partial charge in [-0.25, -0.2) is 4.79 Å². The van der Waals surface area contributed by atoms with Gasteiger partial charge >= 0.3 is 6.09 Å². The molecule has 24 heavy (non-hydrogen) atoms. The molecule has 0 unspecified atom stereocenters. The van der Waals surface area contributed by atoms with Crippen LogP contribution in [0, 0.1) is 6.92 Å². The molecule has 2 aromatic carbocycles. The van der Waals surface area contributed by atoms with Crippen molar-refractivity contribution in [1.82, 2.24) is 5.16 Å². The van der Waals surface area contributed by atoms with Crippen molar-refractivity contribution in [3.8, 4) is 17.0 Å². The Morgan fingerprint density at radius 1 is 1.12 bits per heavy atom. The first kappa shape index (κ1) is 16.4. The van der Waals surface area contributed by atoms with Crippen LogP contribution in [0.15, 0.2) is 53.1 Å². The average molecular weight is 363 g/mol. The van der Waals surface area contributed by atoms with Crippen molar-refractivity contribution in [3.63, 3.8) is 0 Å². The molecule has 1 amide bonds. The summed E-state index contributed by atoms with van der Waals surface area (Å²) in [5, 5.41) is 7.65. The number of anilines is 1. The van der Waals surface area contributed by atoms with Crippen LogP contribution in [0.25, 0.3) is 11.3 Å². The van der Waals surface area contributed by atoms with Crippen LogP contribution in [-0.2, 0) is 0 Å². The Labute approximate surface area is 148 Å². The zero-order chi connectivity index (χ0) is 17.1. The van der Waals surface area contributed by atoms with E-state index < -0.39 is 6.09 Å². The van der Waals surface area contributed by atoms with E-state index in [1.807, 2.05) is 0 Å². The maximum atomic E-state index is 12.1. The third-order valence-corrected chi connectivity index (χ3v) is 3.68. The molecule has 0 bridgehead atoms. The number of rotatable bonds is 3. The number of amides is 1. The fraction of sp³-hybridized carbons (Fsp3) is 0.0588. The minimum atomic E-state index is -0.668. The first-order valence-electron chi connectivity index (χ1n) is 6.99. The molecule has 0 saturated heterocycles. The summed E-state index contributed by atoms with van der Waals surface area (Å²) in [6.45, 7) is 1.66. The van der Waals surface area contributed by atoms with Gasteiger partial charge in [0.2, 0.25) is 5.75 Å². The lowest BCUT2D eigenvalue weighted by atomic mass is 10.1. The van der Waals surface area contributed by atoms with Crippen molar-refractivity contribution in [2.75, 3.05) is 5.32 Å². The molecule has 122 valence electrons. The fourth-order valence-corrected chi connectivity index (χ4v) is 2.39. The Balaban J connectivity index is 1.81. The highest BCUT2D eigenvalue weighted by atomic mass is 35.5. The van der Waals surface area contributed by atoms with Gasteiger partial charge in [0.15, 0.2) is 11.5 Å². The van der Waals surface area contributed by atoms with Gasteiger partial charge in [-0.05, 0) is 30.3 Å². The molecule has 0 aliphatic heterocycles. The van der Waals surface area contributed by atoms with Crippen LogP contribution >= 0.6 is 23.2 Å². The van der Waals surface area contributed by atoms with E-state index in [2.05, 4.69) is 10.5 Å². The molecule has 3 aromatic rings. The summed E-state index contributed by atoms with van der Waals surface area (Å²) < 4.78 is 10.5. The van der Waals surface area contributed by atoms with E-state index in [-0.39, 0.29) is 5.75 Å². The van der Waals surface area contributed by atoms with E-state index in [4.69, 9.17) is 32.5 Å². The van der Waals surface area contributed by atoms with Gasteiger partial charge in [-0.1, -0.05) is 46.6 Å². The number of nitrogens with zero attached hydrogens (tertiary/aromatic N) is 1. The molecule has 1 N–H and O–H groups in total. The first-order valence-corrected chi connectivity index (χ1v) is 7.75. The van der Waals surface area contributed by atoms with Gasteiger partial charge in [-0.2, -0.15) is 0 Å². The summed E-state index contributed by atoms with van der Waals surface area (Å²) in [7, 11) is 0. The number of hydrogen-bond acceptors (Lipinski definition) is 4. The second-order valence-corrected chi connectivity index (χ2v) is 5.82. The van der Waals surface area contributed by atoms with Gasteiger partial charge in [-0.3, -0.25) is 5.32 Å². The van der Waals surface area contributed by atoms with Crippen molar-refractivity contribution < 1.29 is 14.1 Å². The summed E-state index contributed by atoms with van der Waals surface area (Å²) >= 11 is 11.8. The van der Waals surface area contributed by atoms with Crippen LogP contribution in [0.1, 0.15) is 5.76 Å². The molecule has 1 aromatic heterocycles. The van der Waals surface area contributed by atoms with E-state index in [0.717, 1.165) is 5.56 Å². The average Bonchev–Trinajstić information content (AvgIpc) is 2.89. The Morgan fingerprint density at radius 3 is 2.58 bits per heavy atom. The van der Waals surface area contributed by atoms with Crippen molar-refractivity contribution in [1.29, 1.82) is 0 Å². The Hall–Kier alpha value is -2.50. The van der Waals surface area contributed by atoms with Gasteiger partial charge in [-0.15, -0.1) is 0 Å². The molecule has 0 aliphatic carbocycles. The quantitative estimate of drug-likeness (QED) is 0.661. The van der Waals surface area contributed by atoms with Crippen LogP contribution < -0.4 is 10.1 Å². The normalized spacial score (nSPS) is 10.5. The predicted octanol–water partition coefficient (Wildman–Crippen LogP) is 5.57. The number of hydrogen-bond donors (Lipinski definition) is 1. The van der Waals surface area contributed by atoms with E-state index in [1.165, 1.54) is 0 Å². The van der Waals surface area contributed by atoms with Gasteiger partial charge < -0.3 is 9.26 Å². The molecule has 0 radical (unpaired) electrons. The minimum Gasteiger partial charge on any atom is -0.404 e. The first-order chi connectivity index (χ1) is 11.5. The lowest BCUT2D eigenvalue weighted by Crippen LogP contribution is -2.17. The molecule has 0 spiro atoms. The largest absolute Gasteiger partial charge is 0.417 e. The van der Waals surface area contributed by atoms with E-state index in [0.29, 0.717) is 27.2 Å². The number of carbonyl (C=O) groups excluding carboxylic acids is 1. The molecule has 3 rings (SSSR count). The van der Waals surface area contributed by atoms with Gasteiger partial charge in [0, 0.05) is 28.2 Å². The maximum Gasteiger partial charge on any atom is 0.417 e. The summed E-state index contributed by atoms with van der Waals surface area (Å²) in [5.74, 6) is 0.637. The van der Waals surface area contributed by atoms with Crippen LogP contribution in [0.2, 0.25) is 10.0 Å². The van der Waals surface area contributed by atoms with Crippen molar-refractivity contribution in [2.24, 2.45) is 0 Å². The molecular weight excluding hydrogens is 351 g/mol. The second kappa shape index (κ2) is 6.95. The number of benzene rings is 2. The summed E-state index contributed by atoms with van der Waals surface area (Å²) in [6, 6.07) is 13.7. The smallest absolute Gasteiger partial charge is 0.404 e. The minimum absolute atomic E-state index is 0.247. The zero-order valence-electron chi connectivity index (χ0n) is 12.5. The van der Waals surface area contributed by atoms with Gasteiger partial charge in [0.05, 0.1) is 0 Å². The Kier molecular flexibility index (Phi) is 4.74. The molecule has 5 nitrogen and oxygen atoms in total. The van der Waals surface area contributed by atoms with E-state index >= 15 is 0 Å². The third kappa shape index (κ3) is 3.69. The van der Waals surface area contributed by atoms with E-state index in [9.17, 15) is 4.79 Å². The predicted molar refractivity (Wildman–Crippen MR) is 92.8 cm³/mol. The molecule has 0 saturated carbocycles. The van der Waals surface area contributed by atoms with E-state index in [1.54, 1.807) is 55.5 Å². The van der Waals surface area contributed by atoms with Crippen molar-refractivity contribution >= 4 is 35.0 Å². The molecule has 0 fully saturated rings. The number of ether oxygens (including phenoxy) is 1. The van der Waals surface area contributed by atoms with Crippen molar-refractivity contribution in [2.45, 2.75) is 6.92 Å². The lowest BCUT2D eigenvalue weighted by Gasteiger charge is -2.07. The summed E-state index contributed by atoms with van der Waals surface area (Å²) in [6.07, 6.45) is -0.668. The highest BCUT2D eigenvalue weighted by Gasteiger charge is 2.19.